The molecule has 1 aliphatic rings. The van der Waals surface area contributed by atoms with Gasteiger partial charge < -0.3 is 16.8 Å². The molecule has 2 amide bonds. The Hall–Kier alpha value is -2.05. The van der Waals surface area contributed by atoms with Gasteiger partial charge in [-0.25, -0.2) is 0 Å². The number of halogens is 1. The second-order valence-electron chi connectivity index (χ2n) is 5.47. The molecule has 0 aliphatic heterocycles. The van der Waals surface area contributed by atoms with Crippen molar-refractivity contribution in [3.8, 4) is 0 Å². The lowest BCUT2D eigenvalue weighted by Crippen LogP contribution is -2.18. The molecule has 0 unspecified atom stereocenters. The Bertz CT molecular complexity index is 801. The summed E-state index contributed by atoms with van der Waals surface area (Å²) < 4.78 is 0. The van der Waals surface area contributed by atoms with Crippen molar-refractivity contribution in [2.45, 2.75) is 25.7 Å². The lowest BCUT2D eigenvalue weighted by atomic mass is 9.95. The van der Waals surface area contributed by atoms with E-state index >= 15 is 0 Å². The molecule has 0 atom stereocenters. The number of aryl methyl sites for hydroxylation is 1. The number of primary amides is 1. The van der Waals surface area contributed by atoms with Crippen molar-refractivity contribution < 1.29 is 9.59 Å². The average Bonchev–Trinajstić information content (AvgIpc) is 2.87. The number of benzene rings is 1. The third-order valence-corrected chi connectivity index (χ3v) is 5.45. The van der Waals surface area contributed by atoms with Crippen LogP contribution in [0.1, 0.15) is 44.0 Å². The number of amides is 2. The van der Waals surface area contributed by atoms with Crippen LogP contribution in [0.3, 0.4) is 0 Å². The van der Waals surface area contributed by atoms with Gasteiger partial charge in [-0.3, -0.25) is 9.59 Å². The van der Waals surface area contributed by atoms with Crippen LogP contribution in [0.2, 0.25) is 5.02 Å². The molecule has 1 aromatic carbocycles. The van der Waals surface area contributed by atoms with Gasteiger partial charge in [0.05, 0.1) is 16.3 Å². The van der Waals surface area contributed by atoms with Gasteiger partial charge in [0.1, 0.15) is 5.00 Å². The van der Waals surface area contributed by atoms with Gasteiger partial charge in [0.25, 0.3) is 11.8 Å². The molecular weight excluding hydrogens is 334 g/mol. The maximum Gasteiger partial charge on any atom is 0.256 e. The minimum absolute atomic E-state index is 0.333. The summed E-state index contributed by atoms with van der Waals surface area (Å²) in [6.07, 6.45) is 3.87. The Morgan fingerprint density at radius 1 is 1.22 bits per heavy atom. The lowest BCUT2D eigenvalue weighted by Gasteiger charge is -2.11. The summed E-state index contributed by atoms with van der Waals surface area (Å²) in [5.74, 6) is -0.843. The van der Waals surface area contributed by atoms with Gasteiger partial charge in [-0.15, -0.1) is 11.3 Å². The molecule has 1 aliphatic carbocycles. The van der Waals surface area contributed by atoms with Crippen LogP contribution in [0, 0.1) is 0 Å². The molecule has 5 N–H and O–H groups in total. The van der Waals surface area contributed by atoms with Crippen molar-refractivity contribution in [1.29, 1.82) is 0 Å². The first kappa shape index (κ1) is 15.8. The molecule has 23 heavy (non-hydrogen) atoms. The molecule has 0 fully saturated rings. The van der Waals surface area contributed by atoms with Gasteiger partial charge in [-0.05, 0) is 49.4 Å². The normalized spacial score (nSPS) is 13.4. The van der Waals surface area contributed by atoms with Crippen molar-refractivity contribution in [3.05, 3.63) is 44.8 Å². The first-order valence-corrected chi connectivity index (χ1v) is 8.47. The van der Waals surface area contributed by atoms with Crippen LogP contribution >= 0.6 is 22.9 Å². The smallest absolute Gasteiger partial charge is 0.256 e. The minimum atomic E-state index is -0.504. The average molecular weight is 350 g/mol. The fourth-order valence-electron chi connectivity index (χ4n) is 2.77. The number of nitrogen functional groups attached to an aromatic ring is 1. The van der Waals surface area contributed by atoms with Crippen LogP contribution in [-0.2, 0) is 12.8 Å². The van der Waals surface area contributed by atoms with E-state index in [4.69, 9.17) is 23.1 Å². The molecule has 0 saturated heterocycles. The van der Waals surface area contributed by atoms with Crippen LogP contribution in [0.25, 0.3) is 0 Å². The largest absolute Gasteiger partial charge is 0.398 e. The summed E-state index contributed by atoms with van der Waals surface area (Å²) in [6, 6.07) is 4.67. The van der Waals surface area contributed by atoms with Crippen molar-refractivity contribution in [2.24, 2.45) is 5.73 Å². The van der Waals surface area contributed by atoms with E-state index in [9.17, 15) is 9.59 Å². The van der Waals surface area contributed by atoms with E-state index in [1.54, 1.807) is 12.1 Å². The number of rotatable bonds is 3. The molecule has 7 heteroatoms. The van der Waals surface area contributed by atoms with E-state index in [-0.39, 0.29) is 5.91 Å². The number of carbonyl (C=O) groups excluding carboxylic acids is 2. The number of nitrogens with one attached hydrogen (secondary N) is 1. The van der Waals surface area contributed by atoms with Gasteiger partial charge in [-0.2, -0.15) is 0 Å². The summed E-state index contributed by atoms with van der Waals surface area (Å²) in [5, 5.41) is 3.70. The number of carbonyl (C=O) groups is 2. The van der Waals surface area contributed by atoms with Crippen molar-refractivity contribution in [2.75, 3.05) is 11.1 Å². The third kappa shape index (κ3) is 3.04. The molecule has 0 bridgehead atoms. The van der Waals surface area contributed by atoms with Gasteiger partial charge in [0.2, 0.25) is 0 Å². The first-order chi connectivity index (χ1) is 11.0. The number of hydrogen-bond donors (Lipinski definition) is 3. The number of thiophene rings is 1. The molecule has 120 valence electrons. The molecule has 3 rings (SSSR count). The van der Waals surface area contributed by atoms with Crippen LogP contribution in [0.4, 0.5) is 10.7 Å². The molecule has 1 aromatic heterocycles. The Morgan fingerprint density at radius 2 is 1.96 bits per heavy atom. The molecule has 2 aromatic rings. The predicted octanol–water partition coefficient (Wildman–Crippen LogP) is 3.21. The van der Waals surface area contributed by atoms with E-state index < -0.39 is 5.91 Å². The monoisotopic (exact) mass is 349 g/mol. The highest BCUT2D eigenvalue weighted by atomic mass is 35.5. The quantitative estimate of drug-likeness (QED) is 0.742. The highest BCUT2D eigenvalue weighted by molar-refractivity contribution is 7.17. The molecule has 0 radical (unpaired) electrons. The van der Waals surface area contributed by atoms with Gasteiger partial charge in [0, 0.05) is 10.4 Å². The molecule has 0 saturated carbocycles. The second-order valence-corrected chi connectivity index (χ2v) is 6.98. The summed E-state index contributed by atoms with van der Waals surface area (Å²) >= 11 is 7.30. The SMILES string of the molecule is NC(=O)c1c(NC(=O)c2ccc(Cl)c(N)c2)sc2c1CCCC2. The van der Waals surface area contributed by atoms with E-state index in [0.29, 0.717) is 26.8 Å². The summed E-state index contributed by atoms with van der Waals surface area (Å²) in [7, 11) is 0. The van der Waals surface area contributed by atoms with E-state index in [0.717, 1.165) is 36.1 Å². The molecule has 0 spiro atoms. The van der Waals surface area contributed by atoms with Gasteiger partial charge in [-0.1, -0.05) is 11.6 Å². The van der Waals surface area contributed by atoms with E-state index in [1.807, 2.05) is 0 Å². The highest BCUT2D eigenvalue weighted by Gasteiger charge is 2.25. The molecule has 1 heterocycles. The standard InChI is InChI=1S/C16H16ClN3O2S/c17-10-6-5-8(7-11(10)18)15(22)20-16-13(14(19)21)9-3-1-2-4-12(9)23-16/h5-7H,1-4,18H2,(H2,19,21)(H,20,22). The van der Waals surface area contributed by atoms with Gasteiger partial charge >= 0.3 is 0 Å². The zero-order chi connectivity index (χ0) is 16.6. The first-order valence-electron chi connectivity index (χ1n) is 7.28. The maximum atomic E-state index is 12.4. The van der Waals surface area contributed by atoms with Crippen LogP contribution in [0.5, 0.6) is 0 Å². The Labute approximate surface area is 142 Å². The third-order valence-electron chi connectivity index (χ3n) is 3.90. The molecular formula is C16H16ClN3O2S. The number of fused-ring (bicyclic) bond motifs is 1. The zero-order valence-corrected chi connectivity index (χ0v) is 13.9. The number of hydrogen-bond acceptors (Lipinski definition) is 4. The topological polar surface area (TPSA) is 98.2 Å². The molecule has 5 nitrogen and oxygen atoms in total. The summed E-state index contributed by atoms with van der Waals surface area (Å²) in [4.78, 5) is 25.4. The van der Waals surface area contributed by atoms with Crippen LogP contribution in [0.15, 0.2) is 18.2 Å². The van der Waals surface area contributed by atoms with Crippen molar-refractivity contribution >= 4 is 45.4 Å². The maximum absolute atomic E-state index is 12.4. The van der Waals surface area contributed by atoms with Crippen molar-refractivity contribution in [1.82, 2.24) is 0 Å². The van der Waals surface area contributed by atoms with Gasteiger partial charge in [0.15, 0.2) is 0 Å². The number of anilines is 2. The lowest BCUT2D eigenvalue weighted by molar-refractivity contribution is 0.100. The summed E-state index contributed by atoms with van der Waals surface area (Å²) in [6.45, 7) is 0. The highest BCUT2D eigenvalue weighted by Crippen LogP contribution is 2.38. The van der Waals surface area contributed by atoms with Crippen LogP contribution < -0.4 is 16.8 Å². The zero-order valence-electron chi connectivity index (χ0n) is 12.3. The van der Waals surface area contributed by atoms with E-state index in [1.165, 1.54) is 17.4 Å². The predicted molar refractivity (Wildman–Crippen MR) is 93.3 cm³/mol. The number of nitrogens with two attached hydrogens (primary N) is 2. The second kappa shape index (κ2) is 6.22. The Balaban J connectivity index is 1.93. The van der Waals surface area contributed by atoms with Crippen molar-refractivity contribution in [3.63, 3.8) is 0 Å². The Morgan fingerprint density at radius 3 is 2.65 bits per heavy atom. The van der Waals surface area contributed by atoms with Crippen LogP contribution in [-0.4, -0.2) is 11.8 Å². The minimum Gasteiger partial charge on any atom is -0.398 e. The fraction of sp³-hybridized carbons (Fsp3) is 0.250. The Kier molecular flexibility index (Phi) is 4.28. The fourth-order valence-corrected chi connectivity index (χ4v) is 4.18. The van der Waals surface area contributed by atoms with E-state index in [2.05, 4.69) is 5.32 Å². The summed E-state index contributed by atoms with van der Waals surface area (Å²) in [5.41, 5.74) is 13.4.